The van der Waals surface area contributed by atoms with Crippen LogP contribution in [0.2, 0.25) is 0 Å². The molecule has 0 aliphatic carbocycles. The zero-order chi connectivity index (χ0) is 20.5. The van der Waals surface area contributed by atoms with Gasteiger partial charge in [-0.2, -0.15) is 5.10 Å². The largest absolute Gasteiger partial charge is 0.361 e. The van der Waals surface area contributed by atoms with Crippen LogP contribution >= 0.6 is 0 Å². The summed E-state index contributed by atoms with van der Waals surface area (Å²) in [5, 5.41) is 4.08. The molecular formula is C15H22N3O+. The summed E-state index contributed by atoms with van der Waals surface area (Å²) in [6.07, 6.45) is 0.828. The van der Waals surface area contributed by atoms with Gasteiger partial charge in [0, 0.05) is 13.2 Å². The fourth-order valence-electron chi connectivity index (χ4n) is 1.82. The average molecular weight is 268 g/mol. The van der Waals surface area contributed by atoms with Crippen LogP contribution in [0.15, 0.2) is 42.6 Å². The Morgan fingerprint density at radius 2 is 2.16 bits per heavy atom. The summed E-state index contributed by atoms with van der Waals surface area (Å²) in [6.45, 7) is -9.56. The number of hydrogen-bond acceptors (Lipinski definition) is 2. The highest BCUT2D eigenvalue weighted by Gasteiger charge is 2.18. The Morgan fingerprint density at radius 1 is 1.37 bits per heavy atom. The Morgan fingerprint density at radius 3 is 2.79 bits per heavy atom. The van der Waals surface area contributed by atoms with Crippen molar-refractivity contribution in [2.75, 3.05) is 27.1 Å². The van der Waals surface area contributed by atoms with Crippen LogP contribution in [0.3, 0.4) is 0 Å². The third-order valence-electron chi connectivity index (χ3n) is 2.73. The molecular weight excluding hydrogens is 238 g/mol. The normalized spacial score (nSPS) is 21.2. The van der Waals surface area contributed by atoms with Crippen molar-refractivity contribution < 1.29 is 20.6 Å². The minimum Gasteiger partial charge on any atom is -0.361 e. The Kier molecular flexibility index (Phi) is 2.28. The van der Waals surface area contributed by atoms with Crippen LogP contribution in [-0.2, 0) is 11.8 Å². The highest BCUT2D eigenvalue weighted by Crippen LogP contribution is 2.24. The fourth-order valence-corrected chi connectivity index (χ4v) is 1.82. The second-order valence-electron chi connectivity index (χ2n) is 4.03. The lowest BCUT2D eigenvalue weighted by Gasteiger charge is -2.19. The molecule has 1 aromatic carbocycles. The first kappa shape index (κ1) is 6.68. The number of benzene rings is 1. The number of aryl methyl sites for hydroxylation is 1. The number of likely N-dealkylation sites (N-methyl/N-ethyl adjacent to an activating group) is 1. The van der Waals surface area contributed by atoms with Gasteiger partial charge >= 0.3 is 0 Å². The van der Waals surface area contributed by atoms with Gasteiger partial charge in [-0.05, 0) is 11.6 Å². The lowest BCUT2D eigenvalue weighted by molar-refractivity contribution is -0.858. The maximum Gasteiger partial charge on any atom is 0.124 e. The summed E-state index contributed by atoms with van der Waals surface area (Å²) in [5.74, 6) is 0. The molecule has 0 amide bonds. The molecule has 1 aromatic heterocycles. The quantitative estimate of drug-likeness (QED) is 0.835. The second kappa shape index (κ2) is 6.50. The first-order chi connectivity index (χ1) is 12.3. The van der Waals surface area contributed by atoms with E-state index in [1.54, 1.807) is 48.3 Å². The maximum absolute atomic E-state index is 8.09. The maximum atomic E-state index is 8.09. The van der Waals surface area contributed by atoms with Crippen LogP contribution in [0.5, 0.6) is 0 Å². The van der Waals surface area contributed by atoms with E-state index in [0.29, 0.717) is 11.3 Å². The number of ether oxygens (including phenoxy) is 1. The lowest BCUT2D eigenvalue weighted by Crippen LogP contribution is -3.06. The topological polar surface area (TPSA) is 31.5 Å². The number of aromatic nitrogens is 2. The fraction of sp³-hybridized carbons (Fsp3) is 0.400. The summed E-state index contributed by atoms with van der Waals surface area (Å²) in [4.78, 5) is -1.14. The molecule has 0 bridgehead atoms. The zero-order valence-corrected chi connectivity index (χ0v) is 10.6. The molecule has 0 radical (unpaired) electrons. The lowest BCUT2D eigenvalue weighted by atomic mass is 10.1. The van der Waals surface area contributed by atoms with Crippen LogP contribution < -0.4 is 4.90 Å². The molecule has 1 atom stereocenters. The Bertz CT molecular complexity index is 728. The van der Waals surface area contributed by atoms with Gasteiger partial charge in [0.1, 0.15) is 12.6 Å². The summed E-state index contributed by atoms with van der Waals surface area (Å²) in [7, 11) is 1.70. The van der Waals surface area contributed by atoms with Gasteiger partial charge in [-0.3, -0.25) is 4.68 Å². The van der Waals surface area contributed by atoms with Crippen molar-refractivity contribution in [3.8, 4) is 0 Å². The first-order valence-electron chi connectivity index (χ1n) is 9.87. The average Bonchev–Trinajstić information content (AvgIpc) is 2.91. The van der Waals surface area contributed by atoms with E-state index in [-0.39, 0.29) is 0 Å². The van der Waals surface area contributed by atoms with Crippen molar-refractivity contribution in [2.24, 2.45) is 7.05 Å². The van der Waals surface area contributed by atoms with Crippen molar-refractivity contribution in [1.29, 1.82) is 0 Å². The summed E-state index contributed by atoms with van der Waals surface area (Å²) in [5.41, 5.74) is 1.34. The summed E-state index contributed by atoms with van der Waals surface area (Å²) in [6, 6.07) is 10.7. The number of quaternary nitrogens is 1. The predicted molar refractivity (Wildman–Crippen MR) is 75.1 cm³/mol. The van der Waals surface area contributed by atoms with E-state index in [9.17, 15) is 0 Å². The highest BCUT2D eigenvalue weighted by molar-refractivity contribution is 5.25. The van der Waals surface area contributed by atoms with Crippen LogP contribution in [0.25, 0.3) is 0 Å². The Labute approximate surface area is 125 Å². The Balaban J connectivity index is 2.32. The molecule has 1 unspecified atom stereocenters. The van der Waals surface area contributed by atoms with Gasteiger partial charge in [-0.1, -0.05) is 30.3 Å². The summed E-state index contributed by atoms with van der Waals surface area (Å²) < 4.78 is 68.2. The molecule has 0 fully saturated rings. The van der Waals surface area contributed by atoms with Gasteiger partial charge in [0.2, 0.25) is 0 Å². The van der Waals surface area contributed by atoms with Gasteiger partial charge in [0.05, 0.1) is 37.2 Å². The van der Waals surface area contributed by atoms with E-state index in [0.717, 1.165) is 0 Å². The van der Waals surface area contributed by atoms with Crippen molar-refractivity contribution in [2.45, 2.75) is 6.10 Å². The molecule has 1 heterocycles. The van der Waals surface area contributed by atoms with Gasteiger partial charge in [-0.15, -0.1) is 0 Å². The van der Waals surface area contributed by atoms with E-state index in [1.165, 1.54) is 0 Å². The van der Waals surface area contributed by atoms with Crippen molar-refractivity contribution in [3.05, 3.63) is 53.9 Å². The van der Waals surface area contributed by atoms with E-state index >= 15 is 0 Å². The number of hydrogen-bond donors (Lipinski definition) is 1. The minimum atomic E-state index is -3.08. The standard InChI is InChI=1S/C15H21N3O/c1-17(2)11-12-19-15(13-7-5-4-6-8-13)14-9-10-16-18(14)3/h4-10,15H,11-12H2,1-3H3/p+1/i1D3,2D3,11D2. The molecule has 4 heteroatoms. The minimum absolute atomic E-state index is 0.626. The van der Waals surface area contributed by atoms with E-state index in [2.05, 4.69) is 5.10 Å². The van der Waals surface area contributed by atoms with Crippen molar-refractivity contribution >= 4 is 0 Å². The monoisotopic (exact) mass is 268 g/mol. The molecule has 102 valence electrons. The van der Waals surface area contributed by atoms with Crippen LogP contribution in [0.4, 0.5) is 0 Å². The van der Waals surface area contributed by atoms with Gasteiger partial charge < -0.3 is 9.64 Å². The Hall–Kier alpha value is -1.65. The molecule has 4 nitrogen and oxygen atoms in total. The van der Waals surface area contributed by atoms with E-state index in [1.807, 2.05) is 6.07 Å². The highest BCUT2D eigenvalue weighted by atomic mass is 16.5. The smallest absolute Gasteiger partial charge is 0.124 e. The number of rotatable bonds is 6. The molecule has 2 rings (SSSR count). The van der Waals surface area contributed by atoms with Gasteiger partial charge in [0.15, 0.2) is 0 Å². The number of nitrogens with one attached hydrogen (secondary N) is 1. The van der Waals surface area contributed by atoms with Crippen molar-refractivity contribution in [3.63, 3.8) is 0 Å². The van der Waals surface area contributed by atoms with Crippen LogP contribution in [0, 0.1) is 0 Å². The molecule has 0 aliphatic rings. The van der Waals surface area contributed by atoms with E-state index < -0.39 is 38.1 Å². The molecule has 0 aliphatic heterocycles. The molecule has 1 N–H and O–H groups in total. The third kappa shape index (κ3) is 3.66. The second-order valence-corrected chi connectivity index (χ2v) is 4.03. The van der Waals surface area contributed by atoms with E-state index in [4.69, 9.17) is 15.7 Å². The third-order valence-corrected chi connectivity index (χ3v) is 2.73. The summed E-state index contributed by atoms with van der Waals surface area (Å²) >= 11 is 0. The zero-order valence-electron chi connectivity index (χ0n) is 18.6. The van der Waals surface area contributed by atoms with Crippen LogP contribution in [-0.4, -0.2) is 36.8 Å². The van der Waals surface area contributed by atoms with Gasteiger partial charge in [-0.25, -0.2) is 0 Å². The van der Waals surface area contributed by atoms with Crippen molar-refractivity contribution in [1.82, 2.24) is 9.78 Å². The molecule has 0 saturated heterocycles. The SMILES string of the molecule is [2H]C([2H])([2H])[NH+](C([2H])([2H])[2H])C([2H])([2H])COC(c1ccccc1)c1ccnn1C. The predicted octanol–water partition coefficient (Wildman–Crippen LogP) is 0.671. The molecule has 19 heavy (non-hydrogen) atoms. The van der Waals surface area contributed by atoms with Crippen LogP contribution in [0.1, 0.15) is 28.3 Å². The molecule has 0 spiro atoms. The van der Waals surface area contributed by atoms with Gasteiger partial charge in [0.25, 0.3) is 0 Å². The molecule has 2 aromatic rings. The first-order valence-corrected chi connectivity index (χ1v) is 5.87. The molecule has 0 saturated carbocycles. The number of nitrogens with zero attached hydrogens (tertiary/aromatic N) is 2.